The average molecular weight is 392 g/mol. The van der Waals surface area contributed by atoms with Crippen LogP contribution in [0.2, 0.25) is 0 Å². The number of nitrogens with zero attached hydrogens (tertiary/aromatic N) is 2. The second-order valence-electron chi connectivity index (χ2n) is 8.06. The number of nitrogens with one attached hydrogen (secondary N) is 1. The van der Waals surface area contributed by atoms with E-state index < -0.39 is 0 Å². The summed E-state index contributed by atoms with van der Waals surface area (Å²) in [6.45, 7) is 10.9. The maximum absolute atomic E-state index is 12.8. The Hall–Kier alpha value is -3.08. The first-order valence-corrected chi connectivity index (χ1v) is 9.90. The smallest absolute Gasteiger partial charge is 0.263 e. The Morgan fingerprint density at radius 3 is 2.66 bits per heavy atom. The molecule has 1 heterocycles. The van der Waals surface area contributed by atoms with Gasteiger partial charge in [-0.15, -0.1) is 0 Å². The van der Waals surface area contributed by atoms with Crippen LogP contribution < -0.4 is 10.2 Å². The van der Waals surface area contributed by atoms with Crippen LogP contribution in [0.5, 0.6) is 0 Å². The normalized spacial score (nSPS) is 16.2. The summed E-state index contributed by atoms with van der Waals surface area (Å²) in [5.41, 5.74) is 5.87. The van der Waals surface area contributed by atoms with Gasteiger partial charge < -0.3 is 10.2 Å². The van der Waals surface area contributed by atoms with E-state index in [1.54, 1.807) is 37.3 Å². The summed E-state index contributed by atoms with van der Waals surface area (Å²) in [4.78, 5) is 28.4. The van der Waals surface area contributed by atoms with Crippen molar-refractivity contribution in [1.29, 1.82) is 0 Å². The lowest BCUT2D eigenvalue weighted by atomic mass is 10.0. The molecule has 0 fully saturated rings. The lowest BCUT2D eigenvalue weighted by Crippen LogP contribution is -2.25. The van der Waals surface area contributed by atoms with E-state index in [1.165, 1.54) is 16.0 Å². The van der Waals surface area contributed by atoms with Gasteiger partial charge in [-0.25, -0.2) is 0 Å². The molecule has 0 unspecified atom stereocenters. The molecule has 0 bridgehead atoms. The fourth-order valence-electron chi connectivity index (χ4n) is 3.55. The van der Waals surface area contributed by atoms with E-state index in [9.17, 15) is 9.59 Å². The van der Waals surface area contributed by atoms with Crippen molar-refractivity contribution in [2.24, 2.45) is 5.92 Å². The van der Waals surface area contributed by atoms with Gasteiger partial charge in [0.25, 0.3) is 11.8 Å². The van der Waals surface area contributed by atoms with E-state index in [0.29, 0.717) is 29.3 Å². The number of allylic oxidation sites excluding steroid dienone is 3. The van der Waals surface area contributed by atoms with Crippen LogP contribution in [0.4, 0.5) is 5.69 Å². The maximum Gasteiger partial charge on any atom is 0.263 e. The molecule has 0 saturated carbocycles. The van der Waals surface area contributed by atoms with E-state index in [1.807, 2.05) is 13.0 Å². The van der Waals surface area contributed by atoms with Gasteiger partial charge in [0.1, 0.15) is 0 Å². The van der Waals surface area contributed by atoms with Crippen molar-refractivity contribution in [1.82, 2.24) is 10.2 Å². The van der Waals surface area contributed by atoms with Gasteiger partial charge >= 0.3 is 0 Å². The Morgan fingerprint density at radius 2 is 2.03 bits per heavy atom. The van der Waals surface area contributed by atoms with Crippen LogP contribution in [-0.2, 0) is 4.79 Å². The molecule has 0 radical (unpaired) electrons. The third kappa shape index (κ3) is 4.04. The molecule has 0 spiro atoms. The van der Waals surface area contributed by atoms with Gasteiger partial charge in [0.2, 0.25) is 0 Å². The van der Waals surface area contributed by atoms with Gasteiger partial charge in [-0.3, -0.25) is 14.5 Å². The maximum atomic E-state index is 12.8. The van der Waals surface area contributed by atoms with Crippen LogP contribution in [-0.4, -0.2) is 37.4 Å². The minimum atomic E-state index is -0.175. The minimum Gasteiger partial charge on any atom is -0.379 e. The van der Waals surface area contributed by atoms with Crippen molar-refractivity contribution < 1.29 is 9.59 Å². The number of carbonyl (C=O) groups excluding carboxylic acids is 2. The topological polar surface area (TPSA) is 52.7 Å². The first kappa shape index (κ1) is 20.6. The summed E-state index contributed by atoms with van der Waals surface area (Å²) in [5.74, 6) is 0.260. The average Bonchev–Trinajstić information content (AvgIpc) is 3.26. The zero-order valence-corrected chi connectivity index (χ0v) is 17.9. The van der Waals surface area contributed by atoms with Gasteiger partial charge in [-0.1, -0.05) is 38.6 Å². The van der Waals surface area contributed by atoms with Crippen molar-refractivity contribution in [3.05, 3.63) is 76.7 Å². The number of amides is 2. The highest BCUT2D eigenvalue weighted by Crippen LogP contribution is 2.31. The van der Waals surface area contributed by atoms with Crippen LogP contribution in [0, 0.1) is 12.8 Å². The molecule has 1 aromatic carbocycles. The minimum absolute atomic E-state index is 0.0845. The van der Waals surface area contributed by atoms with E-state index >= 15 is 0 Å². The predicted octanol–water partition coefficient (Wildman–Crippen LogP) is 3.94. The molecule has 0 aromatic heterocycles. The van der Waals surface area contributed by atoms with E-state index in [4.69, 9.17) is 0 Å². The van der Waals surface area contributed by atoms with Gasteiger partial charge in [0.15, 0.2) is 0 Å². The molecule has 0 atom stereocenters. The van der Waals surface area contributed by atoms with Crippen molar-refractivity contribution in [2.45, 2.75) is 27.2 Å². The van der Waals surface area contributed by atoms with Crippen LogP contribution in [0.1, 0.15) is 36.2 Å². The van der Waals surface area contributed by atoms with E-state index in [2.05, 4.69) is 37.9 Å². The number of rotatable bonds is 6. The van der Waals surface area contributed by atoms with Crippen LogP contribution in [0.15, 0.2) is 65.5 Å². The third-order valence-electron chi connectivity index (χ3n) is 5.40. The summed E-state index contributed by atoms with van der Waals surface area (Å²) in [6, 6.07) is 5.44. The SMILES string of the molecule is C=C1C(=O)N(c2cccc(C(=O)N(C)C)c2C)C=C1NCC1=CC(C(C)C)=CC1. The second kappa shape index (κ2) is 8.11. The Balaban J connectivity index is 1.80. The molecule has 3 rings (SSSR count). The number of hydrogen-bond donors (Lipinski definition) is 1. The zero-order chi connectivity index (χ0) is 21.3. The zero-order valence-electron chi connectivity index (χ0n) is 17.9. The molecule has 1 aromatic rings. The summed E-state index contributed by atoms with van der Waals surface area (Å²) in [6.07, 6.45) is 7.21. The first-order chi connectivity index (χ1) is 13.7. The molecular weight excluding hydrogens is 362 g/mol. The number of anilines is 1. The molecular formula is C24H29N3O2. The molecule has 0 saturated heterocycles. The molecule has 1 aliphatic heterocycles. The number of carbonyl (C=O) groups is 2. The molecule has 2 aliphatic rings. The molecule has 1 aliphatic carbocycles. The standard InChI is InChI=1S/C24H29N3O2/c1-15(2)19-11-10-18(12-19)13-25-21-14-27(23(28)17(21)4)22-9-7-8-20(16(22)3)24(29)26(5)6/h7-9,11-12,14-15,25H,4,10,13H2,1-3,5-6H3. The quantitative estimate of drug-likeness (QED) is 0.747. The summed E-state index contributed by atoms with van der Waals surface area (Å²) in [7, 11) is 3.44. The highest BCUT2D eigenvalue weighted by atomic mass is 16.2. The van der Waals surface area contributed by atoms with E-state index in [0.717, 1.165) is 17.7 Å². The highest BCUT2D eigenvalue weighted by Gasteiger charge is 2.29. The van der Waals surface area contributed by atoms with Gasteiger partial charge in [-0.05, 0) is 48.1 Å². The van der Waals surface area contributed by atoms with Gasteiger partial charge in [0.05, 0.1) is 17.0 Å². The van der Waals surface area contributed by atoms with Crippen LogP contribution in [0.3, 0.4) is 0 Å². The molecule has 152 valence electrons. The van der Waals surface area contributed by atoms with Crippen molar-refractivity contribution in [3.63, 3.8) is 0 Å². The van der Waals surface area contributed by atoms with Crippen molar-refractivity contribution in [2.75, 3.05) is 25.5 Å². The summed E-state index contributed by atoms with van der Waals surface area (Å²) in [5, 5.41) is 3.36. The molecule has 29 heavy (non-hydrogen) atoms. The largest absolute Gasteiger partial charge is 0.379 e. The fraction of sp³-hybridized carbons (Fsp3) is 0.333. The Bertz CT molecular complexity index is 964. The molecule has 5 nitrogen and oxygen atoms in total. The van der Waals surface area contributed by atoms with Crippen LogP contribution in [0.25, 0.3) is 0 Å². The Labute approximate surface area is 173 Å². The summed E-state index contributed by atoms with van der Waals surface area (Å²) < 4.78 is 0. The number of benzene rings is 1. The lowest BCUT2D eigenvalue weighted by Gasteiger charge is -2.19. The predicted molar refractivity (Wildman–Crippen MR) is 118 cm³/mol. The Morgan fingerprint density at radius 1 is 1.31 bits per heavy atom. The highest BCUT2D eigenvalue weighted by molar-refractivity contribution is 6.13. The van der Waals surface area contributed by atoms with Crippen molar-refractivity contribution >= 4 is 17.5 Å². The lowest BCUT2D eigenvalue weighted by molar-refractivity contribution is -0.113. The van der Waals surface area contributed by atoms with Gasteiger partial charge in [-0.2, -0.15) is 0 Å². The van der Waals surface area contributed by atoms with Crippen molar-refractivity contribution in [3.8, 4) is 0 Å². The monoisotopic (exact) mass is 391 g/mol. The molecule has 1 N–H and O–H groups in total. The number of hydrogen-bond acceptors (Lipinski definition) is 3. The third-order valence-corrected chi connectivity index (χ3v) is 5.40. The van der Waals surface area contributed by atoms with Crippen LogP contribution >= 0.6 is 0 Å². The molecule has 2 amide bonds. The molecule has 5 heteroatoms. The second-order valence-corrected chi connectivity index (χ2v) is 8.06. The fourth-order valence-corrected chi connectivity index (χ4v) is 3.55. The van der Waals surface area contributed by atoms with Gasteiger partial charge in [0, 0.05) is 32.4 Å². The first-order valence-electron chi connectivity index (χ1n) is 9.90. The Kier molecular flexibility index (Phi) is 5.78. The van der Waals surface area contributed by atoms with E-state index in [-0.39, 0.29) is 11.8 Å². The summed E-state index contributed by atoms with van der Waals surface area (Å²) >= 11 is 0.